The summed E-state index contributed by atoms with van der Waals surface area (Å²) in [5.74, 6) is 0.681. The van der Waals surface area contributed by atoms with Gasteiger partial charge in [-0.1, -0.05) is 36.4 Å². The van der Waals surface area contributed by atoms with Crippen molar-refractivity contribution in [3.8, 4) is 23.6 Å². The second-order valence-corrected chi connectivity index (χ2v) is 8.12. The van der Waals surface area contributed by atoms with Gasteiger partial charge in [0.1, 0.15) is 36.3 Å². The number of epoxide rings is 2. The number of phenols is 1. The topological polar surface area (TPSA) is 195 Å². The number of rotatable bonds is 8. The summed E-state index contributed by atoms with van der Waals surface area (Å²) in [6.45, 7) is 1.97. The molecule has 0 unspecified atom stereocenters. The van der Waals surface area contributed by atoms with Crippen LogP contribution in [0.3, 0.4) is 0 Å². The Morgan fingerprint density at radius 3 is 2.05 bits per heavy atom. The van der Waals surface area contributed by atoms with Crippen LogP contribution in [0.2, 0.25) is 0 Å². The van der Waals surface area contributed by atoms with E-state index in [1.54, 1.807) is 42.5 Å². The quantitative estimate of drug-likeness (QED) is 0.0671. The van der Waals surface area contributed by atoms with Crippen LogP contribution in [0.15, 0.2) is 72.8 Å². The monoisotopic (exact) mass is 627 g/mol. The molecule has 2 heterocycles. The number of hydrogen-bond acceptors (Lipinski definition) is 11. The Balaban J connectivity index is 0. The Morgan fingerprint density at radius 1 is 0.976 bits per heavy atom. The largest absolute Gasteiger partial charge is 1.00 e. The van der Waals surface area contributed by atoms with Gasteiger partial charge in [-0.15, -0.1) is 0 Å². The second kappa shape index (κ2) is 23.7. The normalized spacial score (nSPS) is 14.6. The van der Waals surface area contributed by atoms with Crippen molar-refractivity contribution in [2.75, 3.05) is 19.8 Å². The van der Waals surface area contributed by atoms with Crippen LogP contribution in [0.5, 0.6) is 11.5 Å². The molecule has 0 radical (unpaired) electrons. The summed E-state index contributed by atoms with van der Waals surface area (Å²) in [6, 6.07) is 24.3. The van der Waals surface area contributed by atoms with Gasteiger partial charge in [-0.2, -0.15) is 10.5 Å². The summed E-state index contributed by atoms with van der Waals surface area (Å²) in [7, 11) is 0. The first-order chi connectivity index (χ1) is 19.4. The van der Waals surface area contributed by atoms with E-state index in [4.69, 9.17) is 39.9 Å². The first kappa shape index (κ1) is 40.3. The molecule has 0 spiro atoms. The molecule has 210 valence electrons. The Morgan fingerprint density at radius 2 is 1.55 bits per heavy atom. The number of para-hydroxylation sites is 2. The van der Waals surface area contributed by atoms with Gasteiger partial charge in [-0.3, -0.25) is 14.9 Å². The van der Waals surface area contributed by atoms with E-state index in [1.807, 2.05) is 24.3 Å². The number of phenolic OH excluding ortho intramolecular Hbond substituents is 1. The van der Waals surface area contributed by atoms with Crippen molar-refractivity contribution < 1.29 is 143 Å². The van der Waals surface area contributed by atoms with Crippen LogP contribution in [-0.4, -0.2) is 48.5 Å². The van der Waals surface area contributed by atoms with Gasteiger partial charge in [-0.25, -0.2) is 0 Å². The van der Waals surface area contributed by atoms with Crippen LogP contribution < -0.4 is 113 Å². The second-order valence-electron chi connectivity index (χ2n) is 8.12. The summed E-state index contributed by atoms with van der Waals surface area (Å²) < 4.78 is 15.5. The SMILES string of the molecule is N#Cc1ccccc1O.N#Cc1ccccc1OC[C@H]1CO1.O=CO[O-].O=[N+]([O-])c1cccc(CC[C@H]2CO2)c1.[H-].[K+].[K+]. The van der Waals surface area contributed by atoms with Gasteiger partial charge in [0, 0.05) is 12.1 Å². The molecule has 2 aliphatic rings. The number of ether oxygens (including phenoxy) is 3. The Bertz CT molecular complexity index is 1330. The Labute approximate surface area is 329 Å². The molecule has 2 aliphatic heterocycles. The maximum atomic E-state index is 10.5. The first-order valence-electron chi connectivity index (χ1n) is 11.9. The molecule has 3 aromatic carbocycles. The average Bonchev–Trinajstić information content (AvgIpc) is 3.92. The predicted octanol–water partition coefficient (Wildman–Crippen LogP) is -2.92. The minimum atomic E-state index is -0.364. The molecule has 2 fully saturated rings. The fourth-order valence-electron chi connectivity index (χ4n) is 2.99. The predicted molar refractivity (Wildman–Crippen MR) is 139 cm³/mol. The fraction of sp³-hybridized carbons (Fsp3) is 0.250. The van der Waals surface area contributed by atoms with E-state index in [2.05, 4.69) is 11.0 Å². The third kappa shape index (κ3) is 17.4. The summed E-state index contributed by atoms with van der Waals surface area (Å²) >= 11 is 0. The van der Waals surface area contributed by atoms with E-state index in [-0.39, 0.29) is 133 Å². The van der Waals surface area contributed by atoms with E-state index in [9.17, 15) is 10.1 Å². The molecule has 2 saturated heterocycles. The number of carbonyl (C=O) groups excluding carboxylic acids is 1. The molecular weight excluding hydrogens is 601 g/mol. The van der Waals surface area contributed by atoms with Gasteiger partial charge in [0.2, 0.25) is 0 Å². The fourth-order valence-corrected chi connectivity index (χ4v) is 2.99. The third-order valence-corrected chi connectivity index (χ3v) is 5.18. The molecule has 1 N–H and O–H groups in total. The molecule has 12 nitrogen and oxygen atoms in total. The van der Waals surface area contributed by atoms with Crippen molar-refractivity contribution in [2.45, 2.75) is 25.0 Å². The summed E-state index contributed by atoms with van der Waals surface area (Å²) in [6.07, 6.45) is 2.43. The van der Waals surface area contributed by atoms with Crippen LogP contribution in [0.25, 0.3) is 0 Å². The first-order valence-corrected chi connectivity index (χ1v) is 11.9. The minimum absolute atomic E-state index is 0. The van der Waals surface area contributed by atoms with Gasteiger partial charge in [0.15, 0.2) is 0 Å². The number of nitro groups is 1. The molecule has 2 atom stereocenters. The molecule has 0 bridgehead atoms. The van der Waals surface area contributed by atoms with E-state index in [0.717, 1.165) is 31.6 Å². The average molecular weight is 628 g/mol. The molecule has 42 heavy (non-hydrogen) atoms. The maximum absolute atomic E-state index is 10.5. The number of hydrogen-bond donors (Lipinski definition) is 1. The minimum Gasteiger partial charge on any atom is -1.00 e. The molecular formula is C28H27K2N3O9. The summed E-state index contributed by atoms with van der Waals surface area (Å²) in [5, 5.41) is 44.8. The zero-order chi connectivity index (χ0) is 29.2. The van der Waals surface area contributed by atoms with E-state index >= 15 is 0 Å². The van der Waals surface area contributed by atoms with Gasteiger partial charge >= 0.3 is 103 Å². The van der Waals surface area contributed by atoms with Gasteiger partial charge < -0.3 is 30.9 Å². The molecule has 3 aromatic rings. The number of carbonyl (C=O) groups is 1. The number of benzene rings is 3. The van der Waals surface area contributed by atoms with Crippen LogP contribution in [-0.2, 0) is 25.6 Å². The van der Waals surface area contributed by atoms with Crippen molar-refractivity contribution in [2.24, 2.45) is 0 Å². The maximum Gasteiger partial charge on any atom is 1.00 e. The number of nitro benzene ring substituents is 1. The van der Waals surface area contributed by atoms with Gasteiger partial charge in [0.05, 0.1) is 35.4 Å². The number of nitrogens with zero attached hydrogens (tertiary/aromatic N) is 3. The van der Waals surface area contributed by atoms with Crippen molar-refractivity contribution in [1.82, 2.24) is 0 Å². The number of non-ortho nitro benzene ring substituents is 1. The third-order valence-electron chi connectivity index (χ3n) is 5.18. The van der Waals surface area contributed by atoms with Crippen molar-refractivity contribution in [3.63, 3.8) is 0 Å². The molecule has 14 heteroatoms. The van der Waals surface area contributed by atoms with Crippen molar-refractivity contribution in [1.29, 1.82) is 10.5 Å². The zero-order valence-electron chi connectivity index (χ0n) is 24.3. The Kier molecular flexibility index (Phi) is 22.7. The zero-order valence-corrected chi connectivity index (χ0v) is 29.5. The molecule has 0 saturated carbocycles. The van der Waals surface area contributed by atoms with Crippen LogP contribution in [0.1, 0.15) is 24.5 Å². The van der Waals surface area contributed by atoms with E-state index < -0.39 is 0 Å². The Hall–Kier alpha value is -1.74. The smallest absolute Gasteiger partial charge is 1.00 e. The standard InChI is InChI=1S/C10H11NO3.C10H9NO2.C7H5NO.CH2O3.2K.H/c12-11(13)9-3-1-2-8(6-9)4-5-10-7-14-10;11-5-8-3-1-2-4-10(8)13-7-9-6-12-9;8-5-6-3-1-2-4-7(6)9;2-1-4-3;;;/h1-3,6,10H,4-5,7H2;1-4,9H,6-7H2;1-4,9H;1,3H;;;/q;;;;2*+1;-1/p-1/t10-;9-;;;;;/m01...../s1. The number of aryl methyl sites for hydroxylation is 1. The number of nitriles is 2. The van der Waals surface area contributed by atoms with E-state index in [1.165, 1.54) is 12.1 Å². The van der Waals surface area contributed by atoms with E-state index in [0.29, 0.717) is 29.6 Å². The summed E-state index contributed by atoms with van der Waals surface area (Å²) in [5.41, 5.74) is 2.06. The van der Waals surface area contributed by atoms with Crippen LogP contribution >= 0.6 is 0 Å². The van der Waals surface area contributed by atoms with Crippen molar-refractivity contribution >= 4 is 12.2 Å². The van der Waals surface area contributed by atoms with Crippen LogP contribution in [0.4, 0.5) is 5.69 Å². The summed E-state index contributed by atoms with van der Waals surface area (Å²) in [4.78, 5) is 21.4. The molecule has 0 amide bonds. The molecule has 0 aliphatic carbocycles. The van der Waals surface area contributed by atoms with Crippen LogP contribution in [0, 0.1) is 32.8 Å². The van der Waals surface area contributed by atoms with Gasteiger partial charge in [0.25, 0.3) is 12.2 Å². The number of aromatic hydroxyl groups is 1. The van der Waals surface area contributed by atoms with Gasteiger partial charge in [-0.05, 0) is 42.7 Å². The molecule has 0 aromatic heterocycles. The molecule has 5 rings (SSSR count). The van der Waals surface area contributed by atoms with Crippen molar-refractivity contribution in [3.05, 3.63) is 99.6 Å².